The summed E-state index contributed by atoms with van der Waals surface area (Å²) in [4.78, 5) is 2.42. The number of benzene rings is 8. The quantitative estimate of drug-likeness (QED) is 0.193. The van der Waals surface area contributed by atoms with E-state index in [0.29, 0.717) is 0 Å². The van der Waals surface area contributed by atoms with E-state index in [4.69, 9.17) is 4.42 Å². The van der Waals surface area contributed by atoms with E-state index >= 15 is 0 Å². The summed E-state index contributed by atoms with van der Waals surface area (Å²) in [5, 5.41) is 7.09. The Labute approximate surface area is 285 Å². The molecule has 49 heavy (non-hydrogen) atoms. The highest BCUT2D eigenvalue weighted by Crippen LogP contribution is 2.52. The van der Waals surface area contributed by atoms with Crippen LogP contribution in [0.5, 0.6) is 0 Å². The second-order valence-electron chi connectivity index (χ2n) is 13.7. The van der Waals surface area contributed by atoms with Crippen molar-refractivity contribution in [1.29, 1.82) is 0 Å². The van der Waals surface area contributed by atoms with Crippen LogP contribution < -0.4 is 4.90 Å². The fourth-order valence-electron chi connectivity index (χ4n) is 8.32. The van der Waals surface area contributed by atoms with Crippen LogP contribution in [0.15, 0.2) is 168 Å². The zero-order valence-electron chi connectivity index (χ0n) is 27.4. The van der Waals surface area contributed by atoms with Gasteiger partial charge in [-0.2, -0.15) is 0 Å². The molecule has 0 N–H and O–H groups in total. The van der Waals surface area contributed by atoms with E-state index < -0.39 is 0 Å². The summed E-state index contributed by atoms with van der Waals surface area (Å²) >= 11 is 0. The van der Waals surface area contributed by atoms with Crippen molar-refractivity contribution in [1.82, 2.24) is 0 Å². The van der Waals surface area contributed by atoms with Gasteiger partial charge in [0.05, 0.1) is 11.4 Å². The minimum atomic E-state index is -0.128. The molecule has 2 nitrogen and oxygen atoms in total. The normalized spacial score (nSPS) is 13.3. The zero-order chi connectivity index (χ0) is 32.7. The molecule has 1 aromatic heterocycles. The first-order valence-electron chi connectivity index (χ1n) is 17.0. The maximum Gasteiger partial charge on any atom is 0.159 e. The van der Waals surface area contributed by atoms with Gasteiger partial charge in [0.25, 0.3) is 0 Å². The molecule has 0 saturated carbocycles. The Bertz CT molecular complexity index is 2750. The molecule has 10 rings (SSSR count). The predicted molar refractivity (Wildman–Crippen MR) is 206 cm³/mol. The highest BCUT2D eigenvalue weighted by molar-refractivity contribution is 6.21. The van der Waals surface area contributed by atoms with Crippen molar-refractivity contribution in [3.63, 3.8) is 0 Å². The van der Waals surface area contributed by atoms with E-state index in [1.54, 1.807) is 0 Å². The van der Waals surface area contributed by atoms with Gasteiger partial charge in [0.15, 0.2) is 5.58 Å². The highest BCUT2D eigenvalue weighted by atomic mass is 16.3. The van der Waals surface area contributed by atoms with Gasteiger partial charge in [-0.1, -0.05) is 147 Å². The Morgan fingerprint density at radius 1 is 0.469 bits per heavy atom. The van der Waals surface area contributed by atoms with Gasteiger partial charge in [0, 0.05) is 27.3 Å². The second-order valence-corrected chi connectivity index (χ2v) is 13.7. The van der Waals surface area contributed by atoms with E-state index in [2.05, 4.69) is 183 Å². The van der Waals surface area contributed by atoms with E-state index in [0.717, 1.165) is 39.0 Å². The molecule has 9 aromatic rings. The third kappa shape index (κ3) is 4.07. The number of rotatable bonds is 4. The number of para-hydroxylation sites is 1. The van der Waals surface area contributed by atoms with Gasteiger partial charge in [-0.05, 0) is 79.9 Å². The summed E-state index contributed by atoms with van der Waals surface area (Å²) in [7, 11) is 0. The van der Waals surface area contributed by atoms with E-state index in [9.17, 15) is 0 Å². The maximum atomic E-state index is 6.86. The fourth-order valence-corrected chi connectivity index (χ4v) is 8.32. The fraction of sp³-hybridized carbons (Fsp3) is 0.0638. The minimum absolute atomic E-state index is 0.128. The molecule has 1 heterocycles. The average molecular weight is 628 g/mol. The van der Waals surface area contributed by atoms with Crippen molar-refractivity contribution < 1.29 is 4.42 Å². The molecule has 0 spiro atoms. The lowest BCUT2D eigenvalue weighted by Gasteiger charge is -2.29. The van der Waals surface area contributed by atoms with Gasteiger partial charge < -0.3 is 9.32 Å². The highest BCUT2D eigenvalue weighted by Gasteiger charge is 2.36. The molecule has 1 aliphatic carbocycles. The van der Waals surface area contributed by atoms with Gasteiger partial charge in [0.1, 0.15) is 5.58 Å². The van der Waals surface area contributed by atoms with Crippen LogP contribution in [0.4, 0.5) is 17.1 Å². The largest absolute Gasteiger partial charge is 0.454 e. The van der Waals surface area contributed by atoms with Crippen LogP contribution in [0.3, 0.4) is 0 Å². The van der Waals surface area contributed by atoms with Crippen LogP contribution in [-0.2, 0) is 5.41 Å². The van der Waals surface area contributed by atoms with E-state index in [1.165, 1.54) is 54.9 Å². The van der Waals surface area contributed by atoms with Crippen LogP contribution in [0.1, 0.15) is 25.0 Å². The Balaban J connectivity index is 1.28. The molecule has 232 valence electrons. The van der Waals surface area contributed by atoms with Crippen molar-refractivity contribution in [2.75, 3.05) is 4.90 Å². The first kappa shape index (κ1) is 27.9. The standard InChI is InChI=1S/C47H33NO/c1-47(2)40-21-11-10-18-36(40)37-25-24-32(29-41(37)47)48(42-27-26-33(30-13-4-3-5-14-30)35-17-8-9-19-38(35)42)43-22-12-20-39-45-34-16-7-6-15-31(34)23-28-44(45)49-46(39)43/h3-29H,1-2H3. The van der Waals surface area contributed by atoms with E-state index in [-0.39, 0.29) is 5.41 Å². The van der Waals surface area contributed by atoms with Crippen molar-refractivity contribution >= 4 is 60.5 Å². The summed E-state index contributed by atoms with van der Waals surface area (Å²) in [6.07, 6.45) is 0. The van der Waals surface area contributed by atoms with Gasteiger partial charge in [-0.3, -0.25) is 0 Å². The van der Waals surface area contributed by atoms with E-state index in [1.807, 2.05) is 0 Å². The summed E-state index contributed by atoms with van der Waals surface area (Å²) in [5.74, 6) is 0. The molecule has 0 unspecified atom stereocenters. The monoisotopic (exact) mass is 627 g/mol. The van der Waals surface area contributed by atoms with Crippen molar-refractivity contribution in [2.24, 2.45) is 0 Å². The Morgan fingerprint density at radius 3 is 2.04 bits per heavy atom. The van der Waals surface area contributed by atoms with Crippen molar-refractivity contribution in [3.8, 4) is 22.3 Å². The third-order valence-corrected chi connectivity index (χ3v) is 10.7. The lowest BCUT2D eigenvalue weighted by atomic mass is 9.82. The van der Waals surface area contributed by atoms with Crippen LogP contribution in [-0.4, -0.2) is 0 Å². The lowest BCUT2D eigenvalue weighted by Crippen LogP contribution is -2.16. The van der Waals surface area contributed by atoms with Crippen LogP contribution in [0.25, 0.3) is 65.7 Å². The zero-order valence-corrected chi connectivity index (χ0v) is 27.4. The predicted octanol–water partition coefficient (Wildman–Crippen LogP) is 13.3. The minimum Gasteiger partial charge on any atom is -0.454 e. The maximum absolute atomic E-state index is 6.86. The van der Waals surface area contributed by atoms with Crippen molar-refractivity contribution in [3.05, 3.63) is 175 Å². The molecule has 0 aliphatic heterocycles. The molecule has 0 fully saturated rings. The molecular formula is C47H33NO. The molecule has 1 aliphatic rings. The van der Waals surface area contributed by atoms with Gasteiger partial charge >= 0.3 is 0 Å². The molecule has 2 heteroatoms. The Hall–Kier alpha value is -6.12. The summed E-state index contributed by atoms with van der Waals surface area (Å²) in [6, 6.07) is 59.3. The molecular weight excluding hydrogens is 595 g/mol. The van der Waals surface area contributed by atoms with Crippen LogP contribution >= 0.6 is 0 Å². The van der Waals surface area contributed by atoms with Gasteiger partial charge in [-0.25, -0.2) is 0 Å². The summed E-state index contributed by atoms with van der Waals surface area (Å²) < 4.78 is 6.86. The van der Waals surface area contributed by atoms with Crippen molar-refractivity contribution in [2.45, 2.75) is 19.3 Å². The second kappa shape index (κ2) is 10.4. The lowest BCUT2D eigenvalue weighted by molar-refractivity contribution is 0.660. The molecule has 0 amide bonds. The molecule has 0 atom stereocenters. The number of anilines is 3. The smallest absolute Gasteiger partial charge is 0.159 e. The SMILES string of the molecule is CC1(C)c2ccccc2-c2ccc(N(c3ccc(-c4ccccc4)c4ccccc34)c3cccc4c3oc3ccc5ccccc5c34)cc21. The topological polar surface area (TPSA) is 16.4 Å². The molecule has 0 radical (unpaired) electrons. The average Bonchev–Trinajstić information content (AvgIpc) is 3.65. The molecule has 0 saturated heterocycles. The molecule has 0 bridgehead atoms. The first-order chi connectivity index (χ1) is 24.1. The first-order valence-corrected chi connectivity index (χ1v) is 17.0. The van der Waals surface area contributed by atoms with Crippen LogP contribution in [0, 0.1) is 0 Å². The number of nitrogens with zero attached hydrogens (tertiary/aromatic N) is 1. The van der Waals surface area contributed by atoms with Gasteiger partial charge in [0.2, 0.25) is 0 Å². The number of furan rings is 1. The summed E-state index contributed by atoms with van der Waals surface area (Å²) in [5.41, 5.74) is 12.7. The van der Waals surface area contributed by atoms with Gasteiger partial charge in [-0.15, -0.1) is 0 Å². The van der Waals surface area contributed by atoms with Crippen LogP contribution in [0.2, 0.25) is 0 Å². The number of hydrogen-bond acceptors (Lipinski definition) is 2. The molecule has 8 aromatic carbocycles. The Morgan fingerprint density at radius 2 is 1.16 bits per heavy atom. The number of fused-ring (bicyclic) bond motifs is 9. The third-order valence-electron chi connectivity index (χ3n) is 10.7. The summed E-state index contributed by atoms with van der Waals surface area (Å²) in [6.45, 7) is 4.70. The Kier molecular flexibility index (Phi) is 5.95. The number of hydrogen-bond donors (Lipinski definition) is 0.